The molecule has 13 N–H and O–H groups in total. The monoisotopic (exact) mass is 1000 g/mol. The van der Waals surface area contributed by atoms with E-state index in [4.69, 9.17) is 46.9 Å². The fourth-order valence-corrected chi connectivity index (χ4v) is 8.11. The molecule has 67 heavy (non-hydrogen) atoms. The van der Waals surface area contributed by atoms with Gasteiger partial charge in [0.2, 0.25) is 15.7 Å². The average Bonchev–Trinajstić information content (AvgIpc) is 3.77. The minimum Gasteiger partial charge on any atom is -0.505 e. The number of rotatable bonds is 11. The number of nitro groups is 1. The van der Waals surface area contributed by atoms with Crippen LogP contribution in [0.2, 0.25) is 0 Å². The molecule has 352 valence electrons. The van der Waals surface area contributed by atoms with Gasteiger partial charge in [-0.2, -0.15) is 21.8 Å². The summed E-state index contributed by atoms with van der Waals surface area (Å²) < 4.78 is 94.9. The van der Waals surface area contributed by atoms with Crippen molar-refractivity contribution in [2.24, 2.45) is 0 Å². The third kappa shape index (κ3) is 14.2. The van der Waals surface area contributed by atoms with Gasteiger partial charge in [-0.1, -0.05) is 64.8 Å². The standard InChI is InChI=1S/C14H11N3O.C12H10N2O7S2.C7H7NO6S.C6H7NO3S/c15-12-9-5-4-8-11(12)14-16-13(17-18-14)10-6-2-1-3-7-10;13-8-1-3-9(4-2-8)22(17,18)12-6-5-10(23(19,20)21)7-11(12)14(15)16;8-5-2-3(15-14-13-12)1-4(6(5)9)7(10)11;7-5-3-1-2-4-6(5)11(8,9)10/h1-9H,15H2;1-7H,13H2,(H,19,20,21);1-2,9,12H,8H2,(H,10,11);1-4H,7H2,(H,8,9,10). The Kier molecular flexibility index (Phi) is 17.4. The van der Waals surface area contributed by atoms with Crippen molar-refractivity contribution in [3.05, 3.63) is 149 Å². The number of anilines is 4. The second-order valence-corrected chi connectivity index (χ2v) is 18.3. The van der Waals surface area contributed by atoms with E-state index >= 15 is 0 Å². The number of nitrogen functional groups attached to an aromatic ring is 4. The van der Waals surface area contributed by atoms with Crippen molar-refractivity contribution in [2.45, 2.75) is 24.5 Å². The van der Waals surface area contributed by atoms with Gasteiger partial charge in [0.25, 0.3) is 31.8 Å². The number of carboxylic acids is 1. The van der Waals surface area contributed by atoms with E-state index in [1.54, 1.807) is 6.07 Å². The number of carbonyl (C=O) groups is 1. The molecule has 0 unspecified atom stereocenters. The van der Waals surface area contributed by atoms with Gasteiger partial charge in [0.1, 0.15) is 20.2 Å². The molecule has 0 aliphatic heterocycles. The second kappa shape index (κ2) is 22.5. The van der Waals surface area contributed by atoms with Gasteiger partial charge in [-0.15, -0.1) is 4.33 Å². The Morgan fingerprint density at radius 2 is 1.28 bits per heavy atom. The molecule has 0 radical (unpaired) electrons. The van der Waals surface area contributed by atoms with Crippen LogP contribution >= 0.6 is 12.0 Å². The molecule has 0 saturated heterocycles. The summed E-state index contributed by atoms with van der Waals surface area (Å²) in [5.74, 6) is -0.843. The molecule has 0 saturated carbocycles. The maximum atomic E-state index is 12.5. The number of nitrogens with zero attached hydrogens (tertiary/aromatic N) is 3. The fraction of sp³-hybridized carbons (Fsp3) is 0. The van der Waals surface area contributed by atoms with Crippen LogP contribution in [-0.4, -0.2) is 70.9 Å². The Morgan fingerprint density at radius 3 is 1.82 bits per heavy atom. The van der Waals surface area contributed by atoms with Crippen molar-refractivity contribution in [1.29, 1.82) is 0 Å². The van der Waals surface area contributed by atoms with E-state index in [-0.39, 0.29) is 31.6 Å². The molecule has 1 aromatic heterocycles. The van der Waals surface area contributed by atoms with Gasteiger partial charge < -0.3 is 37.7 Å². The lowest BCUT2D eigenvalue weighted by Crippen LogP contribution is -2.08. The molecule has 0 aliphatic carbocycles. The summed E-state index contributed by atoms with van der Waals surface area (Å²) >= 11 is 0.548. The number of nitro benzene ring substituents is 1. The number of aromatic hydroxyl groups is 1. The van der Waals surface area contributed by atoms with Gasteiger partial charge >= 0.3 is 5.97 Å². The molecule has 0 atom stereocenters. The van der Waals surface area contributed by atoms with Crippen molar-refractivity contribution in [3.63, 3.8) is 0 Å². The summed E-state index contributed by atoms with van der Waals surface area (Å²) in [4.78, 5) is 23.3. The molecule has 0 fully saturated rings. The first-order chi connectivity index (χ1) is 31.4. The van der Waals surface area contributed by atoms with E-state index < -0.39 is 62.2 Å². The molecule has 0 bridgehead atoms. The second-order valence-electron chi connectivity index (χ2n) is 12.8. The summed E-state index contributed by atoms with van der Waals surface area (Å²) in [6, 6.07) is 32.2. The lowest BCUT2D eigenvalue weighted by molar-refractivity contribution is -0.432. The first-order valence-electron chi connectivity index (χ1n) is 17.9. The number of hydrogen-bond donors (Lipinski definition) is 9. The topological polar surface area (TPSA) is 425 Å². The largest absolute Gasteiger partial charge is 0.505 e. The Bertz CT molecular complexity index is 3210. The van der Waals surface area contributed by atoms with E-state index in [0.717, 1.165) is 29.3 Å². The third-order valence-corrected chi connectivity index (χ3v) is 12.4. The van der Waals surface area contributed by atoms with Crippen molar-refractivity contribution in [2.75, 3.05) is 22.9 Å². The van der Waals surface area contributed by atoms with Crippen LogP contribution in [0.5, 0.6) is 5.75 Å². The van der Waals surface area contributed by atoms with E-state index in [9.17, 15) is 45.3 Å². The molecule has 0 aliphatic rings. The van der Waals surface area contributed by atoms with E-state index in [1.165, 1.54) is 48.5 Å². The summed E-state index contributed by atoms with van der Waals surface area (Å²) in [6.45, 7) is 0. The number of aromatic nitrogens is 2. The van der Waals surface area contributed by atoms with E-state index in [0.29, 0.717) is 41.2 Å². The Labute approximate surface area is 383 Å². The first kappa shape index (κ1) is 52.0. The highest BCUT2D eigenvalue weighted by Gasteiger charge is 2.29. The zero-order valence-corrected chi connectivity index (χ0v) is 36.9. The van der Waals surface area contributed by atoms with Crippen LogP contribution in [0.3, 0.4) is 0 Å². The van der Waals surface area contributed by atoms with Gasteiger partial charge in [0.15, 0.2) is 5.75 Å². The minimum absolute atomic E-state index is 0.0509. The highest BCUT2D eigenvalue weighted by Crippen LogP contribution is 2.33. The van der Waals surface area contributed by atoms with Crippen LogP contribution in [0.25, 0.3) is 22.8 Å². The highest BCUT2D eigenvalue weighted by atomic mass is 32.2. The Morgan fingerprint density at radius 1 is 0.701 bits per heavy atom. The summed E-state index contributed by atoms with van der Waals surface area (Å²) in [6.07, 6.45) is 0. The smallest absolute Gasteiger partial charge is 0.339 e. The number of sulfone groups is 1. The van der Waals surface area contributed by atoms with Crippen molar-refractivity contribution >= 4 is 76.5 Å². The molecular weight excluding hydrogens is 967 g/mol. The summed E-state index contributed by atoms with van der Waals surface area (Å²) in [7, 11) is -13.1. The van der Waals surface area contributed by atoms with Crippen LogP contribution in [0, 0.1) is 10.1 Å². The van der Waals surface area contributed by atoms with Crippen LogP contribution < -0.4 is 22.9 Å². The maximum absolute atomic E-state index is 12.5. The van der Waals surface area contributed by atoms with Crippen molar-refractivity contribution in [1.82, 2.24) is 10.1 Å². The van der Waals surface area contributed by atoms with Gasteiger partial charge in [0.05, 0.1) is 38.8 Å². The van der Waals surface area contributed by atoms with Crippen LogP contribution in [0.15, 0.2) is 162 Å². The van der Waals surface area contributed by atoms with E-state index in [2.05, 4.69) is 19.5 Å². The van der Waals surface area contributed by atoms with Gasteiger partial charge in [-0.3, -0.25) is 19.2 Å². The zero-order chi connectivity index (χ0) is 49.7. The minimum atomic E-state index is -4.71. The number of para-hydroxylation sites is 2. The third-order valence-electron chi connectivity index (χ3n) is 8.26. The number of hydrogen-bond acceptors (Lipinski definition) is 21. The van der Waals surface area contributed by atoms with Gasteiger partial charge in [-0.25, -0.2) is 18.5 Å². The SMILES string of the molecule is Nc1cc(SOOO)cc(C(=O)O)c1O.Nc1ccc(S(=O)(=O)c2ccc(S(=O)(=O)O)cc2[N+](=O)[O-])cc1.Nc1ccccc1-c1nc(-c2ccccc2)no1.Nc1ccccc1S(=O)(=O)O. The molecule has 1 heterocycles. The van der Waals surface area contributed by atoms with Gasteiger partial charge in [-0.05, 0) is 72.8 Å². The molecule has 7 rings (SSSR count). The molecule has 7 aromatic rings. The van der Waals surface area contributed by atoms with E-state index in [1.807, 2.05) is 54.6 Å². The molecule has 0 amide bonds. The molecular formula is C39H35N7O17S4. The van der Waals surface area contributed by atoms with Crippen LogP contribution in [0.4, 0.5) is 28.4 Å². The van der Waals surface area contributed by atoms with Crippen molar-refractivity contribution < 1.29 is 73.4 Å². The van der Waals surface area contributed by atoms with Crippen molar-refractivity contribution in [3.8, 4) is 28.6 Å². The predicted molar refractivity (Wildman–Crippen MR) is 240 cm³/mol. The lowest BCUT2D eigenvalue weighted by Gasteiger charge is -2.07. The predicted octanol–water partition coefficient (Wildman–Crippen LogP) is 5.86. The number of aromatic carboxylic acids is 1. The fourth-order valence-electron chi connectivity index (χ4n) is 5.14. The maximum Gasteiger partial charge on any atom is 0.339 e. The molecule has 6 aromatic carbocycles. The number of nitrogens with two attached hydrogens (primary N) is 4. The van der Waals surface area contributed by atoms with Crippen LogP contribution in [-0.2, 0) is 39.4 Å². The highest BCUT2D eigenvalue weighted by molar-refractivity contribution is 7.94. The number of phenols is 1. The number of benzene rings is 6. The quantitative estimate of drug-likeness (QED) is 0.0139. The Hall–Kier alpha value is -7.67. The summed E-state index contributed by atoms with van der Waals surface area (Å²) in [5.41, 5.74) is 23.2. The molecule has 24 nitrogen and oxygen atoms in total. The number of carboxylic acid groups (broad SMARTS) is 1. The lowest BCUT2D eigenvalue weighted by atomic mass is 10.2. The molecule has 0 spiro atoms. The Balaban J connectivity index is 0.000000201. The molecule has 28 heteroatoms. The average molecular weight is 1000 g/mol. The van der Waals surface area contributed by atoms with Crippen LogP contribution in [0.1, 0.15) is 10.4 Å². The summed E-state index contributed by atoms with van der Waals surface area (Å²) in [5, 5.41) is 44.2. The first-order valence-corrected chi connectivity index (χ1v) is 23.0. The normalized spacial score (nSPS) is 11.1. The van der Waals surface area contributed by atoms with Gasteiger partial charge in [0, 0.05) is 27.9 Å². The zero-order valence-electron chi connectivity index (χ0n) is 33.6.